The molecule has 5 nitrogen and oxygen atoms in total. The lowest BCUT2D eigenvalue weighted by molar-refractivity contribution is 0.0181. The standard InChI is InChI=1S/C22H31NO4/c1-22(2,3)27-21(25)23-15-13-18(14-16-23)8-6-5-7-17-9-11-19(12-10-17)20(24)26-4/h5,7,9-12,18H,6,8,13-16H2,1-4H3. The molecule has 1 saturated heterocycles. The van der Waals surface area contributed by atoms with Crippen LogP contribution in [-0.4, -0.2) is 42.8 Å². The molecule has 0 saturated carbocycles. The lowest BCUT2D eigenvalue weighted by atomic mass is 9.92. The summed E-state index contributed by atoms with van der Waals surface area (Å²) in [6, 6.07) is 7.39. The van der Waals surface area contributed by atoms with Crippen molar-refractivity contribution in [2.24, 2.45) is 5.92 Å². The average Bonchev–Trinajstić information content (AvgIpc) is 2.64. The molecule has 0 bridgehead atoms. The number of nitrogens with zero attached hydrogens (tertiary/aromatic N) is 1. The molecule has 148 valence electrons. The van der Waals surface area contributed by atoms with Crippen LogP contribution in [0.1, 0.15) is 62.4 Å². The Morgan fingerprint density at radius 2 is 1.78 bits per heavy atom. The summed E-state index contributed by atoms with van der Waals surface area (Å²) in [5.74, 6) is 0.332. The van der Waals surface area contributed by atoms with E-state index in [1.165, 1.54) is 7.11 Å². The van der Waals surface area contributed by atoms with Gasteiger partial charge in [0.05, 0.1) is 12.7 Å². The zero-order valence-corrected chi connectivity index (χ0v) is 16.9. The van der Waals surface area contributed by atoms with Crippen molar-refractivity contribution in [2.45, 2.75) is 52.1 Å². The normalized spacial score (nSPS) is 15.8. The highest BCUT2D eigenvalue weighted by Crippen LogP contribution is 2.23. The van der Waals surface area contributed by atoms with Crippen LogP contribution in [0.4, 0.5) is 4.79 Å². The number of amides is 1. The topological polar surface area (TPSA) is 55.8 Å². The highest BCUT2D eigenvalue weighted by molar-refractivity contribution is 5.89. The second-order valence-corrected chi connectivity index (χ2v) is 8.00. The quantitative estimate of drug-likeness (QED) is 0.688. The molecule has 1 aromatic carbocycles. The molecule has 1 aliphatic rings. The predicted molar refractivity (Wildman–Crippen MR) is 107 cm³/mol. The molecular formula is C22H31NO4. The third kappa shape index (κ3) is 7.08. The molecule has 5 heteroatoms. The Morgan fingerprint density at radius 3 is 2.33 bits per heavy atom. The van der Waals surface area contributed by atoms with Gasteiger partial charge in [0, 0.05) is 13.1 Å². The maximum absolute atomic E-state index is 12.1. The fraction of sp³-hybridized carbons (Fsp3) is 0.545. The fourth-order valence-electron chi connectivity index (χ4n) is 3.13. The summed E-state index contributed by atoms with van der Waals surface area (Å²) >= 11 is 0. The van der Waals surface area contributed by atoms with Gasteiger partial charge in [-0.25, -0.2) is 9.59 Å². The molecule has 27 heavy (non-hydrogen) atoms. The van der Waals surface area contributed by atoms with Gasteiger partial charge in [-0.3, -0.25) is 0 Å². The van der Waals surface area contributed by atoms with Crippen molar-refractivity contribution in [3.05, 3.63) is 41.5 Å². The molecule has 1 heterocycles. The zero-order valence-electron chi connectivity index (χ0n) is 16.9. The number of hydrogen-bond donors (Lipinski definition) is 0. The molecule has 0 N–H and O–H groups in total. The van der Waals surface area contributed by atoms with Gasteiger partial charge >= 0.3 is 12.1 Å². The van der Waals surface area contributed by atoms with Crippen LogP contribution in [0.25, 0.3) is 6.08 Å². The van der Waals surface area contributed by atoms with Gasteiger partial charge in [0.25, 0.3) is 0 Å². The molecule has 1 aromatic rings. The maximum atomic E-state index is 12.1. The number of hydrogen-bond acceptors (Lipinski definition) is 4. The van der Waals surface area contributed by atoms with Gasteiger partial charge in [-0.2, -0.15) is 0 Å². The second-order valence-electron chi connectivity index (χ2n) is 8.00. The van der Waals surface area contributed by atoms with E-state index < -0.39 is 5.60 Å². The summed E-state index contributed by atoms with van der Waals surface area (Å²) in [6.45, 7) is 7.24. The molecule has 1 amide bonds. The van der Waals surface area contributed by atoms with Gasteiger partial charge in [-0.05, 0) is 70.1 Å². The smallest absolute Gasteiger partial charge is 0.410 e. The number of esters is 1. The molecule has 0 unspecified atom stereocenters. The van der Waals surface area contributed by atoms with E-state index in [0.29, 0.717) is 11.5 Å². The Labute approximate surface area is 162 Å². The minimum Gasteiger partial charge on any atom is -0.465 e. The van der Waals surface area contributed by atoms with Crippen LogP contribution in [0, 0.1) is 5.92 Å². The minimum absolute atomic E-state index is 0.198. The van der Waals surface area contributed by atoms with Gasteiger partial charge in [0.2, 0.25) is 0 Å². The molecule has 0 radical (unpaired) electrons. The average molecular weight is 373 g/mol. The monoisotopic (exact) mass is 373 g/mol. The van der Waals surface area contributed by atoms with Crippen LogP contribution < -0.4 is 0 Å². The number of piperidine rings is 1. The van der Waals surface area contributed by atoms with Crippen LogP contribution in [0.5, 0.6) is 0 Å². The first-order valence-corrected chi connectivity index (χ1v) is 9.61. The number of carbonyl (C=O) groups excluding carboxylic acids is 2. The molecule has 2 rings (SSSR count). The summed E-state index contributed by atoms with van der Waals surface area (Å²) in [5, 5.41) is 0. The number of ether oxygens (including phenoxy) is 2. The van der Waals surface area contributed by atoms with Gasteiger partial charge < -0.3 is 14.4 Å². The fourth-order valence-corrected chi connectivity index (χ4v) is 3.13. The summed E-state index contributed by atoms with van der Waals surface area (Å²) in [5.41, 5.74) is 1.20. The highest BCUT2D eigenvalue weighted by Gasteiger charge is 2.26. The SMILES string of the molecule is COC(=O)c1ccc(C=CCCC2CCN(C(=O)OC(C)(C)C)CC2)cc1. The lowest BCUT2D eigenvalue weighted by Crippen LogP contribution is -2.41. The van der Waals surface area contributed by atoms with Crippen molar-refractivity contribution < 1.29 is 19.1 Å². The number of benzene rings is 1. The van der Waals surface area contributed by atoms with Crippen LogP contribution in [-0.2, 0) is 9.47 Å². The lowest BCUT2D eigenvalue weighted by Gasteiger charge is -2.33. The first kappa shape index (κ1) is 21.0. The number of methoxy groups -OCH3 is 1. The predicted octanol–water partition coefficient (Wildman–Crippen LogP) is 4.91. The van der Waals surface area contributed by atoms with E-state index in [4.69, 9.17) is 9.47 Å². The first-order valence-electron chi connectivity index (χ1n) is 9.61. The van der Waals surface area contributed by atoms with E-state index in [1.54, 1.807) is 12.1 Å². The van der Waals surface area contributed by atoms with Crippen molar-refractivity contribution in [1.82, 2.24) is 4.90 Å². The van der Waals surface area contributed by atoms with Crippen molar-refractivity contribution >= 4 is 18.1 Å². The molecule has 1 fully saturated rings. The molecule has 0 aromatic heterocycles. The molecule has 0 aliphatic carbocycles. The Bertz CT molecular complexity index is 650. The molecule has 0 spiro atoms. The third-order valence-electron chi connectivity index (χ3n) is 4.65. The Hall–Kier alpha value is -2.30. The van der Waals surface area contributed by atoms with Gasteiger partial charge in [0.1, 0.15) is 5.60 Å². The Balaban J connectivity index is 1.70. The summed E-state index contributed by atoms with van der Waals surface area (Å²) in [4.78, 5) is 25.3. The maximum Gasteiger partial charge on any atom is 0.410 e. The van der Waals surface area contributed by atoms with Crippen LogP contribution >= 0.6 is 0 Å². The second kappa shape index (κ2) is 9.58. The molecular weight excluding hydrogens is 342 g/mol. The van der Waals surface area contributed by atoms with Gasteiger partial charge in [-0.15, -0.1) is 0 Å². The van der Waals surface area contributed by atoms with Crippen molar-refractivity contribution in [3.63, 3.8) is 0 Å². The van der Waals surface area contributed by atoms with Crippen LogP contribution in [0.2, 0.25) is 0 Å². The van der Waals surface area contributed by atoms with E-state index in [-0.39, 0.29) is 12.1 Å². The summed E-state index contributed by atoms with van der Waals surface area (Å²) < 4.78 is 10.1. The Morgan fingerprint density at radius 1 is 1.15 bits per heavy atom. The van der Waals surface area contributed by atoms with Gasteiger partial charge in [-0.1, -0.05) is 24.3 Å². The number of allylic oxidation sites excluding steroid dienone is 1. The Kier molecular flexibility index (Phi) is 7.45. The largest absolute Gasteiger partial charge is 0.465 e. The van der Waals surface area contributed by atoms with E-state index >= 15 is 0 Å². The van der Waals surface area contributed by atoms with Crippen LogP contribution in [0.15, 0.2) is 30.3 Å². The molecule has 1 aliphatic heterocycles. The first-order chi connectivity index (χ1) is 12.8. The number of likely N-dealkylation sites (tertiary alicyclic amines) is 1. The van der Waals surface area contributed by atoms with Crippen molar-refractivity contribution in [2.75, 3.05) is 20.2 Å². The number of carbonyl (C=O) groups is 2. The zero-order chi connectivity index (χ0) is 19.9. The highest BCUT2D eigenvalue weighted by atomic mass is 16.6. The number of rotatable bonds is 5. The van der Waals surface area contributed by atoms with E-state index in [9.17, 15) is 9.59 Å². The van der Waals surface area contributed by atoms with E-state index in [1.807, 2.05) is 37.8 Å². The van der Waals surface area contributed by atoms with E-state index in [2.05, 4.69) is 12.2 Å². The summed E-state index contributed by atoms with van der Waals surface area (Å²) in [7, 11) is 1.38. The molecule has 0 atom stereocenters. The van der Waals surface area contributed by atoms with E-state index in [0.717, 1.165) is 44.3 Å². The van der Waals surface area contributed by atoms with Crippen LogP contribution in [0.3, 0.4) is 0 Å². The third-order valence-corrected chi connectivity index (χ3v) is 4.65. The minimum atomic E-state index is -0.437. The summed E-state index contributed by atoms with van der Waals surface area (Å²) in [6.07, 6.45) is 8.25. The van der Waals surface area contributed by atoms with Gasteiger partial charge in [0.15, 0.2) is 0 Å². The van der Waals surface area contributed by atoms with Crippen molar-refractivity contribution in [3.8, 4) is 0 Å². The van der Waals surface area contributed by atoms with Crippen molar-refractivity contribution in [1.29, 1.82) is 0 Å².